The van der Waals surface area contributed by atoms with Gasteiger partial charge < -0.3 is 10.6 Å². The van der Waals surface area contributed by atoms with Gasteiger partial charge in [0, 0.05) is 12.2 Å². The molecule has 0 saturated carbocycles. The van der Waals surface area contributed by atoms with Crippen molar-refractivity contribution < 1.29 is 4.39 Å². The van der Waals surface area contributed by atoms with Crippen LogP contribution in [0.2, 0.25) is 0 Å². The maximum Gasteiger partial charge on any atom is 0.171 e. The number of nitriles is 1. The molecular weight excluding hydrogens is 285 g/mol. The first-order valence-corrected chi connectivity index (χ1v) is 6.79. The molecule has 0 aliphatic carbocycles. The molecule has 21 heavy (non-hydrogen) atoms. The lowest BCUT2D eigenvalue weighted by Gasteiger charge is -2.12. The van der Waals surface area contributed by atoms with Crippen LogP contribution in [0.15, 0.2) is 42.5 Å². The minimum absolute atomic E-state index is 0.266. The Hall–Kier alpha value is -2.45. The van der Waals surface area contributed by atoms with Gasteiger partial charge in [0.25, 0.3) is 0 Å². The van der Waals surface area contributed by atoms with Crippen LogP contribution in [0.25, 0.3) is 0 Å². The molecule has 0 aromatic heterocycles. The van der Waals surface area contributed by atoms with Crippen LogP contribution in [0.4, 0.5) is 10.1 Å². The Labute approximate surface area is 128 Å². The summed E-state index contributed by atoms with van der Waals surface area (Å²) in [6.45, 7) is 2.36. The zero-order valence-corrected chi connectivity index (χ0v) is 12.3. The Balaban J connectivity index is 1.96. The van der Waals surface area contributed by atoms with Gasteiger partial charge in [-0.15, -0.1) is 0 Å². The lowest BCUT2D eigenvalue weighted by Crippen LogP contribution is -2.28. The van der Waals surface area contributed by atoms with Crippen molar-refractivity contribution in [1.29, 1.82) is 5.26 Å². The van der Waals surface area contributed by atoms with Crippen molar-refractivity contribution in [2.24, 2.45) is 0 Å². The van der Waals surface area contributed by atoms with Crippen LogP contribution in [0.1, 0.15) is 16.7 Å². The van der Waals surface area contributed by atoms with Crippen molar-refractivity contribution in [2.45, 2.75) is 13.5 Å². The number of nitrogens with zero attached hydrogens (tertiary/aromatic N) is 1. The quantitative estimate of drug-likeness (QED) is 0.852. The van der Waals surface area contributed by atoms with E-state index in [2.05, 4.69) is 16.7 Å². The molecule has 0 spiro atoms. The number of aryl methyl sites for hydroxylation is 1. The molecule has 0 amide bonds. The summed E-state index contributed by atoms with van der Waals surface area (Å²) >= 11 is 5.19. The highest BCUT2D eigenvalue weighted by Gasteiger charge is 2.03. The first-order valence-electron chi connectivity index (χ1n) is 6.38. The predicted octanol–water partition coefficient (Wildman–Crippen LogP) is 3.49. The fraction of sp³-hybridized carbons (Fsp3) is 0.125. The van der Waals surface area contributed by atoms with E-state index in [1.54, 1.807) is 24.3 Å². The molecule has 2 N–H and O–H groups in total. The van der Waals surface area contributed by atoms with Gasteiger partial charge in [-0.05, 0) is 60.6 Å². The zero-order chi connectivity index (χ0) is 15.2. The molecule has 0 heterocycles. The summed E-state index contributed by atoms with van der Waals surface area (Å²) < 4.78 is 13.2. The van der Waals surface area contributed by atoms with Crippen molar-refractivity contribution in [2.75, 3.05) is 5.32 Å². The van der Waals surface area contributed by atoms with Crippen molar-refractivity contribution in [3.63, 3.8) is 0 Å². The summed E-state index contributed by atoms with van der Waals surface area (Å²) in [4.78, 5) is 0. The van der Waals surface area contributed by atoms with Crippen molar-refractivity contribution in [3.05, 3.63) is 65.0 Å². The third-order valence-corrected chi connectivity index (χ3v) is 3.25. The number of thiocarbonyl (C=S) groups is 1. The van der Waals surface area contributed by atoms with E-state index >= 15 is 0 Å². The van der Waals surface area contributed by atoms with Gasteiger partial charge in [0.15, 0.2) is 5.11 Å². The lowest BCUT2D eigenvalue weighted by molar-refractivity contribution is 0.624. The highest BCUT2D eigenvalue weighted by Crippen LogP contribution is 2.11. The van der Waals surface area contributed by atoms with E-state index in [4.69, 9.17) is 17.5 Å². The van der Waals surface area contributed by atoms with E-state index in [0.29, 0.717) is 17.2 Å². The van der Waals surface area contributed by atoms with Crippen LogP contribution in [-0.4, -0.2) is 5.11 Å². The molecule has 0 bridgehead atoms. The molecule has 0 fully saturated rings. The third-order valence-electron chi connectivity index (χ3n) is 3.00. The maximum absolute atomic E-state index is 13.2. The lowest BCUT2D eigenvalue weighted by atomic mass is 10.1. The van der Waals surface area contributed by atoms with Gasteiger partial charge in [-0.1, -0.05) is 12.1 Å². The number of rotatable bonds is 3. The molecule has 0 radical (unpaired) electrons. The second-order valence-electron chi connectivity index (χ2n) is 4.57. The molecule has 2 aromatic carbocycles. The monoisotopic (exact) mass is 299 g/mol. The van der Waals surface area contributed by atoms with Gasteiger partial charge in [-0.2, -0.15) is 5.26 Å². The van der Waals surface area contributed by atoms with E-state index in [1.807, 2.05) is 13.0 Å². The fourth-order valence-electron chi connectivity index (χ4n) is 1.85. The van der Waals surface area contributed by atoms with Crippen LogP contribution in [-0.2, 0) is 6.54 Å². The largest absolute Gasteiger partial charge is 0.358 e. The van der Waals surface area contributed by atoms with Gasteiger partial charge >= 0.3 is 0 Å². The molecule has 0 saturated heterocycles. The Morgan fingerprint density at radius 1 is 1.29 bits per heavy atom. The molecule has 2 rings (SSSR count). The standard InChI is InChI=1S/C16H14FN3S/c1-11-5-6-14(17)8-13(11)10-19-16(21)20-15-4-2-3-12(7-15)9-18/h2-8H,10H2,1H3,(H2,19,20,21). The molecule has 5 heteroatoms. The molecule has 3 nitrogen and oxygen atoms in total. The number of halogens is 1. The molecule has 0 atom stereocenters. The van der Waals surface area contributed by atoms with E-state index in [1.165, 1.54) is 12.1 Å². The first kappa shape index (κ1) is 14.9. The van der Waals surface area contributed by atoms with E-state index in [9.17, 15) is 4.39 Å². The van der Waals surface area contributed by atoms with Gasteiger partial charge in [0.1, 0.15) is 5.82 Å². The number of nitrogens with one attached hydrogen (secondary N) is 2. The Morgan fingerprint density at radius 2 is 2.10 bits per heavy atom. The molecule has 0 aliphatic heterocycles. The minimum Gasteiger partial charge on any atom is -0.358 e. The van der Waals surface area contributed by atoms with Crippen molar-refractivity contribution in [3.8, 4) is 6.07 Å². The van der Waals surface area contributed by atoms with Crippen LogP contribution in [0.5, 0.6) is 0 Å². The SMILES string of the molecule is Cc1ccc(F)cc1CNC(=S)Nc1cccc(C#N)c1. The topological polar surface area (TPSA) is 47.8 Å². The Bertz CT molecular complexity index is 707. The van der Waals surface area contributed by atoms with Crippen molar-refractivity contribution in [1.82, 2.24) is 5.32 Å². The van der Waals surface area contributed by atoms with E-state index < -0.39 is 0 Å². The van der Waals surface area contributed by atoms with Gasteiger partial charge in [-0.25, -0.2) is 4.39 Å². The normalized spacial score (nSPS) is 9.76. The second kappa shape index (κ2) is 6.82. The Kier molecular flexibility index (Phi) is 4.85. The predicted molar refractivity (Wildman–Crippen MR) is 85.4 cm³/mol. The Morgan fingerprint density at radius 3 is 2.86 bits per heavy atom. The smallest absolute Gasteiger partial charge is 0.171 e. The fourth-order valence-corrected chi connectivity index (χ4v) is 2.04. The molecule has 2 aromatic rings. The molecule has 106 valence electrons. The summed E-state index contributed by atoms with van der Waals surface area (Å²) in [6.07, 6.45) is 0. The average molecular weight is 299 g/mol. The van der Waals surface area contributed by atoms with Crippen LogP contribution >= 0.6 is 12.2 Å². The summed E-state index contributed by atoms with van der Waals surface area (Å²) in [5.74, 6) is -0.266. The van der Waals surface area contributed by atoms with E-state index in [-0.39, 0.29) is 5.82 Å². The first-order chi connectivity index (χ1) is 10.1. The molecule has 0 aliphatic rings. The minimum atomic E-state index is -0.266. The van der Waals surface area contributed by atoms with Crippen LogP contribution in [0, 0.1) is 24.1 Å². The molecular formula is C16H14FN3S. The second-order valence-corrected chi connectivity index (χ2v) is 4.98. The van der Waals surface area contributed by atoms with Crippen LogP contribution in [0.3, 0.4) is 0 Å². The van der Waals surface area contributed by atoms with E-state index in [0.717, 1.165) is 16.8 Å². The molecule has 0 unspecified atom stereocenters. The maximum atomic E-state index is 13.2. The van der Waals surface area contributed by atoms with Gasteiger partial charge in [0.05, 0.1) is 11.6 Å². The van der Waals surface area contributed by atoms with Gasteiger partial charge in [-0.3, -0.25) is 0 Å². The summed E-state index contributed by atoms with van der Waals surface area (Å²) in [5, 5.41) is 15.3. The van der Waals surface area contributed by atoms with Crippen LogP contribution < -0.4 is 10.6 Å². The summed E-state index contributed by atoms with van der Waals surface area (Å²) in [7, 11) is 0. The number of hydrogen-bond acceptors (Lipinski definition) is 2. The number of hydrogen-bond donors (Lipinski definition) is 2. The van der Waals surface area contributed by atoms with Gasteiger partial charge in [0.2, 0.25) is 0 Å². The highest BCUT2D eigenvalue weighted by atomic mass is 32.1. The highest BCUT2D eigenvalue weighted by molar-refractivity contribution is 7.80. The number of anilines is 1. The summed E-state index contributed by atoms with van der Waals surface area (Å²) in [5.41, 5.74) is 3.15. The average Bonchev–Trinajstić information content (AvgIpc) is 2.48. The third kappa shape index (κ3) is 4.26. The number of benzene rings is 2. The zero-order valence-electron chi connectivity index (χ0n) is 11.5. The summed E-state index contributed by atoms with van der Waals surface area (Å²) in [6, 6.07) is 13.8. The van der Waals surface area contributed by atoms with Crippen molar-refractivity contribution >= 4 is 23.0 Å².